The molecule has 2 heterocycles. The van der Waals surface area contributed by atoms with Crippen molar-refractivity contribution in [2.24, 2.45) is 0 Å². The lowest BCUT2D eigenvalue weighted by molar-refractivity contribution is -0.153. The molecule has 2 rings (SSSR count). The van der Waals surface area contributed by atoms with Gasteiger partial charge in [-0.15, -0.1) is 0 Å². The molecule has 4 nitrogen and oxygen atoms in total. The summed E-state index contributed by atoms with van der Waals surface area (Å²) >= 11 is 0. The largest absolute Gasteiger partial charge is 0.460 e. The molecule has 116 valence electrons. The van der Waals surface area contributed by atoms with Crippen LogP contribution in [-0.2, 0) is 20.7 Å². The fourth-order valence-electron chi connectivity index (χ4n) is 2.41. The van der Waals surface area contributed by atoms with Crippen LogP contribution in [0.1, 0.15) is 57.4 Å². The van der Waals surface area contributed by atoms with E-state index in [1.165, 1.54) is 12.3 Å². The summed E-state index contributed by atoms with van der Waals surface area (Å²) in [6.07, 6.45) is 3.95. The second-order valence-electron chi connectivity index (χ2n) is 6.32. The Kier molecular flexibility index (Phi) is 4.93. The van der Waals surface area contributed by atoms with Crippen LogP contribution in [0, 0.1) is 5.82 Å². The Labute approximate surface area is 124 Å². The number of esters is 1. The molecule has 1 atom stereocenters. The molecule has 1 aliphatic rings. The van der Waals surface area contributed by atoms with Crippen LogP contribution >= 0.6 is 0 Å². The number of pyridine rings is 1. The fraction of sp³-hybridized carbons (Fsp3) is 0.625. The normalized spacial score (nSPS) is 19.3. The van der Waals surface area contributed by atoms with Crippen molar-refractivity contribution < 1.29 is 18.7 Å². The van der Waals surface area contributed by atoms with E-state index in [0.29, 0.717) is 17.9 Å². The molecule has 1 aliphatic heterocycles. The smallest absolute Gasteiger partial charge is 0.310 e. The molecular formula is C16H22FNO3. The molecule has 0 spiro atoms. The van der Waals surface area contributed by atoms with Gasteiger partial charge in [0.2, 0.25) is 0 Å². The van der Waals surface area contributed by atoms with Crippen molar-refractivity contribution in [2.45, 2.75) is 58.2 Å². The molecule has 0 N–H and O–H groups in total. The number of hydrogen-bond acceptors (Lipinski definition) is 4. The van der Waals surface area contributed by atoms with Gasteiger partial charge in [-0.3, -0.25) is 9.78 Å². The Bertz CT molecular complexity index is 505. The van der Waals surface area contributed by atoms with Crippen LogP contribution in [0.5, 0.6) is 0 Å². The fourth-order valence-corrected chi connectivity index (χ4v) is 2.41. The summed E-state index contributed by atoms with van der Waals surface area (Å²) in [6, 6.07) is 1.35. The third kappa shape index (κ3) is 4.77. The zero-order valence-electron chi connectivity index (χ0n) is 12.8. The molecule has 1 saturated heterocycles. The quantitative estimate of drug-likeness (QED) is 0.802. The SMILES string of the molecule is CC(C)(C)OC(=O)Cc1cc(F)cnc1C1CCCCO1. The Morgan fingerprint density at radius 1 is 1.48 bits per heavy atom. The minimum atomic E-state index is -0.556. The molecule has 1 aromatic rings. The monoisotopic (exact) mass is 295 g/mol. The minimum Gasteiger partial charge on any atom is -0.460 e. The van der Waals surface area contributed by atoms with Gasteiger partial charge in [0.1, 0.15) is 11.4 Å². The molecule has 21 heavy (non-hydrogen) atoms. The lowest BCUT2D eigenvalue weighted by atomic mass is 10.00. The van der Waals surface area contributed by atoms with Crippen LogP contribution in [0.3, 0.4) is 0 Å². The molecule has 0 bridgehead atoms. The van der Waals surface area contributed by atoms with Gasteiger partial charge in [-0.2, -0.15) is 0 Å². The second kappa shape index (κ2) is 6.52. The molecule has 5 heteroatoms. The van der Waals surface area contributed by atoms with E-state index in [1.807, 2.05) is 0 Å². The molecule has 0 amide bonds. The van der Waals surface area contributed by atoms with Gasteiger partial charge in [-0.25, -0.2) is 4.39 Å². The van der Waals surface area contributed by atoms with Gasteiger partial charge in [0, 0.05) is 6.61 Å². The standard InChI is InChI=1S/C16H22FNO3/c1-16(2,3)21-14(19)9-11-8-12(17)10-18-15(11)13-6-4-5-7-20-13/h8,10,13H,4-7,9H2,1-3H3. The molecule has 1 unspecified atom stereocenters. The summed E-state index contributed by atoms with van der Waals surface area (Å²) in [6.45, 7) is 6.09. The summed E-state index contributed by atoms with van der Waals surface area (Å²) in [5.74, 6) is -0.833. The first-order valence-electron chi connectivity index (χ1n) is 7.33. The Hall–Kier alpha value is -1.49. The zero-order chi connectivity index (χ0) is 15.5. The van der Waals surface area contributed by atoms with Crippen LogP contribution in [0.15, 0.2) is 12.3 Å². The summed E-state index contributed by atoms with van der Waals surface area (Å²) in [5, 5.41) is 0. The minimum absolute atomic E-state index is 0.0111. The maximum Gasteiger partial charge on any atom is 0.310 e. The maximum absolute atomic E-state index is 13.4. The number of hydrogen-bond donors (Lipinski definition) is 0. The van der Waals surface area contributed by atoms with Gasteiger partial charge in [0.15, 0.2) is 0 Å². The summed E-state index contributed by atoms with van der Waals surface area (Å²) in [5.41, 5.74) is 0.650. The van der Waals surface area contributed by atoms with E-state index in [1.54, 1.807) is 20.8 Å². The average Bonchev–Trinajstić information content (AvgIpc) is 2.37. The topological polar surface area (TPSA) is 48.4 Å². The molecule has 1 fully saturated rings. The van der Waals surface area contributed by atoms with Crippen molar-refractivity contribution in [1.29, 1.82) is 0 Å². The number of halogens is 1. The van der Waals surface area contributed by atoms with Gasteiger partial charge < -0.3 is 9.47 Å². The van der Waals surface area contributed by atoms with E-state index >= 15 is 0 Å². The Balaban J connectivity index is 2.17. The predicted molar refractivity (Wildman–Crippen MR) is 76.3 cm³/mol. The van der Waals surface area contributed by atoms with Crippen molar-refractivity contribution in [3.8, 4) is 0 Å². The second-order valence-corrected chi connectivity index (χ2v) is 6.32. The van der Waals surface area contributed by atoms with Crippen LogP contribution in [0.2, 0.25) is 0 Å². The van der Waals surface area contributed by atoms with Gasteiger partial charge in [-0.05, 0) is 51.7 Å². The molecule has 0 radical (unpaired) electrons. The van der Waals surface area contributed by atoms with E-state index in [0.717, 1.165) is 19.3 Å². The van der Waals surface area contributed by atoms with Gasteiger partial charge in [0.25, 0.3) is 0 Å². The lowest BCUT2D eigenvalue weighted by Gasteiger charge is -2.24. The first kappa shape index (κ1) is 15.9. The van der Waals surface area contributed by atoms with Crippen molar-refractivity contribution in [3.63, 3.8) is 0 Å². The Morgan fingerprint density at radius 3 is 2.86 bits per heavy atom. The number of carbonyl (C=O) groups is 1. The molecular weight excluding hydrogens is 273 g/mol. The summed E-state index contributed by atoms with van der Waals surface area (Å²) in [4.78, 5) is 16.1. The van der Waals surface area contributed by atoms with E-state index in [4.69, 9.17) is 9.47 Å². The van der Waals surface area contributed by atoms with Crippen LogP contribution in [0.4, 0.5) is 4.39 Å². The third-order valence-electron chi connectivity index (χ3n) is 3.21. The average molecular weight is 295 g/mol. The number of nitrogens with zero attached hydrogens (tertiary/aromatic N) is 1. The first-order valence-corrected chi connectivity index (χ1v) is 7.33. The molecule has 1 aromatic heterocycles. The third-order valence-corrected chi connectivity index (χ3v) is 3.21. The maximum atomic E-state index is 13.4. The van der Waals surface area contributed by atoms with Crippen molar-refractivity contribution in [3.05, 3.63) is 29.3 Å². The number of ether oxygens (including phenoxy) is 2. The van der Waals surface area contributed by atoms with Crippen molar-refractivity contribution >= 4 is 5.97 Å². The van der Waals surface area contributed by atoms with Crippen LogP contribution in [-0.4, -0.2) is 23.2 Å². The molecule has 0 saturated carbocycles. The number of rotatable bonds is 3. The highest BCUT2D eigenvalue weighted by atomic mass is 19.1. The van der Waals surface area contributed by atoms with E-state index in [9.17, 15) is 9.18 Å². The highest BCUT2D eigenvalue weighted by molar-refractivity contribution is 5.73. The number of aromatic nitrogens is 1. The van der Waals surface area contributed by atoms with E-state index in [2.05, 4.69) is 4.98 Å². The highest BCUT2D eigenvalue weighted by Crippen LogP contribution is 2.29. The lowest BCUT2D eigenvalue weighted by Crippen LogP contribution is -2.25. The predicted octanol–water partition coefficient (Wildman–Crippen LogP) is 3.35. The molecule has 0 aromatic carbocycles. The number of carbonyl (C=O) groups excluding carboxylic acids is 1. The highest BCUT2D eigenvalue weighted by Gasteiger charge is 2.24. The zero-order valence-corrected chi connectivity index (χ0v) is 12.8. The van der Waals surface area contributed by atoms with Crippen LogP contribution in [0.25, 0.3) is 0 Å². The van der Waals surface area contributed by atoms with Gasteiger partial charge in [0.05, 0.1) is 24.4 Å². The van der Waals surface area contributed by atoms with Gasteiger partial charge in [-0.1, -0.05) is 0 Å². The summed E-state index contributed by atoms with van der Waals surface area (Å²) in [7, 11) is 0. The van der Waals surface area contributed by atoms with E-state index < -0.39 is 11.4 Å². The molecule has 0 aliphatic carbocycles. The Morgan fingerprint density at radius 2 is 2.24 bits per heavy atom. The van der Waals surface area contributed by atoms with Gasteiger partial charge >= 0.3 is 5.97 Å². The summed E-state index contributed by atoms with van der Waals surface area (Å²) < 4.78 is 24.4. The van der Waals surface area contributed by atoms with Crippen LogP contribution < -0.4 is 0 Å². The first-order chi connectivity index (χ1) is 9.85. The van der Waals surface area contributed by atoms with Crippen molar-refractivity contribution in [2.75, 3.05) is 6.61 Å². The van der Waals surface area contributed by atoms with E-state index in [-0.39, 0.29) is 18.5 Å². The van der Waals surface area contributed by atoms with Crippen molar-refractivity contribution in [1.82, 2.24) is 4.98 Å².